The molecule has 2 amide bonds. The quantitative estimate of drug-likeness (QED) is 0.0957. The second-order valence-corrected chi connectivity index (χ2v) is 15.7. The molecule has 9 nitrogen and oxygen atoms in total. The number of carbonyl (C=O) groups excluding carboxylic acids is 3. The highest BCUT2D eigenvalue weighted by atomic mass is 19.1. The van der Waals surface area contributed by atoms with Gasteiger partial charge in [0.05, 0.1) is 24.3 Å². The van der Waals surface area contributed by atoms with Crippen LogP contribution in [0.3, 0.4) is 0 Å². The Hall–Kier alpha value is -4.17. The molecule has 0 bridgehead atoms. The number of benzene rings is 3. The number of carbonyl (C=O) groups is 3. The Morgan fingerprint density at radius 1 is 0.754 bits per heavy atom. The Balaban J connectivity index is 1.25. The second-order valence-electron chi connectivity index (χ2n) is 15.7. The van der Waals surface area contributed by atoms with Gasteiger partial charge in [-0.05, 0) is 97.5 Å². The van der Waals surface area contributed by atoms with Crippen LogP contribution in [-0.2, 0) is 33.6 Å². The van der Waals surface area contributed by atoms with Crippen LogP contribution in [0.1, 0.15) is 93.4 Å². The lowest BCUT2D eigenvalue weighted by molar-refractivity contribution is -0.129. The molecule has 310 valence electrons. The number of halogens is 4. The minimum atomic E-state index is -1.31. The molecule has 2 heterocycles. The van der Waals surface area contributed by atoms with E-state index >= 15 is 0 Å². The summed E-state index contributed by atoms with van der Waals surface area (Å²) in [6, 6.07) is 11.1. The van der Waals surface area contributed by atoms with Crippen molar-refractivity contribution in [2.45, 2.75) is 127 Å². The van der Waals surface area contributed by atoms with Crippen molar-refractivity contribution in [2.24, 2.45) is 5.92 Å². The first-order chi connectivity index (χ1) is 27.3. The average molecular weight is 797 g/mol. The van der Waals surface area contributed by atoms with Crippen molar-refractivity contribution < 1.29 is 42.2 Å². The van der Waals surface area contributed by atoms with Crippen molar-refractivity contribution in [1.29, 1.82) is 0 Å². The molecule has 2 saturated heterocycles. The van der Waals surface area contributed by atoms with Gasteiger partial charge in [-0.2, -0.15) is 0 Å². The summed E-state index contributed by atoms with van der Waals surface area (Å²) in [5.41, 5.74) is 2.76. The molecule has 0 radical (unpaired) electrons. The molecule has 0 saturated carbocycles. The van der Waals surface area contributed by atoms with Crippen LogP contribution >= 0.6 is 0 Å². The predicted octanol–water partition coefficient (Wildman–Crippen LogP) is 5.34. The van der Waals surface area contributed by atoms with Crippen molar-refractivity contribution >= 4 is 17.6 Å². The summed E-state index contributed by atoms with van der Waals surface area (Å²) >= 11 is 0. The number of unbranched alkanes of at least 4 members (excludes halogenated alkanes) is 1. The molecule has 13 heteroatoms. The SMILES string of the molecule is CCCCC1CNC(C(O)C(Cc2cc(F)cc(F)c2)NC(=O)CCC(=O)NC(Cc2cc(F)cc(F)c2)C(O)C2CC(c3ccc(CC)cc3)CCN2)CC1=O. The third-order valence-electron chi connectivity index (χ3n) is 11.4. The summed E-state index contributed by atoms with van der Waals surface area (Å²) < 4.78 is 56.7. The smallest absolute Gasteiger partial charge is 0.220 e. The normalized spacial score (nSPS) is 22.0. The molecule has 5 rings (SSSR count). The number of amides is 2. The Morgan fingerprint density at radius 2 is 1.28 bits per heavy atom. The van der Waals surface area contributed by atoms with Crippen LogP contribution < -0.4 is 21.3 Å². The van der Waals surface area contributed by atoms with Crippen LogP contribution in [0.5, 0.6) is 0 Å². The van der Waals surface area contributed by atoms with Gasteiger partial charge >= 0.3 is 0 Å². The van der Waals surface area contributed by atoms with Gasteiger partial charge in [0, 0.05) is 55.9 Å². The molecular formula is C44H56F4N4O5. The van der Waals surface area contributed by atoms with E-state index in [4.69, 9.17) is 0 Å². The molecule has 6 N–H and O–H groups in total. The molecular weight excluding hydrogens is 740 g/mol. The molecule has 0 spiro atoms. The Kier molecular flexibility index (Phi) is 16.2. The lowest BCUT2D eigenvalue weighted by atomic mass is 9.82. The van der Waals surface area contributed by atoms with Gasteiger partial charge in [-0.1, -0.05) is 51.0 Å². The first-order valence-electron chi connectivity index (χ1n) is 20.2. The van der Waals surface area contributed by atoms with Gasteiger partial charge in [0.1, 0.15) is 29.1 Å². The zero-order valence-electron chi connectivity index (χ0n) is 32.7. The standard InChI is InChI=1S/C44H56F4N4O5/c1-3-5-6-31-25-50-37(24-40(31)53)44(57)39(20-28-17-34(47)23-35(48)18-28)52-42(55)12-11-41(54)51-38(19-27-15-32(45)22-33(46)16-27)43(56)36-21-30(13-14-49-36)29-9-7-26(4-2)8-10-29/h7-10,15-18,22-23,30-31,36-39,43-44,49-50,56-57H,3-6,11-14,19-21,24-25H2,1-2H3,(H,51,54)(H,52,55). The Labute approximate surface area is 332 Å². The van der Waals surface area contributed by atoms with Gasteiger partial charge in [-0.3, -0.25) is 14.4 Å². The third-order valence-corrected chi connectivity index (χ3v) is 11.4. The molecule has 8 atom stereocenters. The largest absolute Gasteiger partial charge is 0.389 e. The van der Waals surface area contributed by atoms with Gasteiger partial charge in [-0.15, -0.1) is 0 Å². The lowest BCUT2D eigenvalue weighted by Gasteiger charge is -2.37. The van der Waals surface area contributed by atoms with Crippen molar-refractivity contribution in [3.63, 3.8) is 0 Å². The van der Waals surface area contributed by atoms with Crippen molar-refractivity contribution in [2.75, 3.05) is 13.1 Å². The summed E-state index contributed by atoms with van der Waals surface area (Å²) in [6.45, 7) is 5.08. The van der Waals surface area contributed by atoms with Crippen LogP contribution in [0.25, 0.3) is 0 Å². The highest BCUT2D eigenvalue weighted by Crippen LogP contribution is 2.30. The predicted molar refractivity (Wildman–Crippen MR) is 209 cm³/mol. The number of rotatable bonds is 18. The maximum absolute atomic E-state index is 14.2. The second kappa shape index (κ2) is 21.0. The number of piperidine rings is 2. The molecule has 2 aliphatic rings. The lowest BCUT2D eigenvalue weighted by Crippen LogP contribution is -2.58. The van der Waals surface area contributed by atoms with Gasteiger partial charge in [0.15, 0.2) is 0 Å². The van der Waals surface area contributed by atoms with Crippen molar-refractivity contribution in [3.05, 3.63) is 106 Å². The Morgan fingerprint density at radius 3 is 1.77 bits per heavy atom. The van der Waals surface area contributed by atoms with Gasteiger partial charge in [0.25, 0.3) is 0 Å². The van der Waals surface area contributed by atoms with E-state index in [0.29, 0.717) is 25.6 Å². The minimum absolute atomic E-state index is 0.00732. The van der Waals surface area contributed by atoms with Crippen LogP contribution in [0.4, 0.5) is 17.6 Å². The molecule has 0 aromatic heterocycles. The molecule has 57 heavy (non-hydrogen) atoms. The molecule has 2 fully saturated rings. The third kappa shape index (κ3) is 12.9. The van der Waals surface area contributed by atoms with E-state index in [-0.39, 0.29) is 60.9 Å². The van der Waals surface area contributed by atoms with Crippen molar-refractivity contribution in [1.82, 2.24) is 21.3 Å². The van der Waals surface area contributed by atoms with E-state index in [1.807, 2.05) is 6.92 Å². The monoisotopic (exact) mass is 796 g/mol. The summed E-state index contributed by atoms with van der Waals surface area (Å²) in [5, 5.41) is 35.2. The highest BCUT2D eigenvalue weighted by Gasteiger charge is 2.37. The van der Waals surface area contributed by atoms with Gasteiger partial charge in [0.2, 0.25) is 11.8 Å². The summed E-state index contributed by atoms with van der Waals surface area (Å²) in [4.78, 5) is 39.7. The van der Waals surface area contributed by atoms with Gasteiger partial charge in [-0.25, -0.2) is 17.6 Å². The maximum Gasteiger partial charge on any atom is 0.220 e. The van der Waals surface area contributed by atoms with Crippen LogP contribution in [-0.4, -0.2) is 77.3 Å². The van der Waals surface area contributed by atoms with Crippen LogP contribution in [0.15, 0.2) is 60.7 Å². The molecule has 0 aliphatic carbocycles. The minimum Gasteiger partial charge on any atom is -0.389 e. The fraction of sp³-hybridized carbons (Fsp3) is 0.523. The Bertz CT molecular complexity index is 1770. The van der Waals surface area contributed by atoms with E-state index in [9.17, 15) is 42.2 Å². The zero-order chi connectivity index (χ0) is 41.1. The van der Waals surface area contributed by atoms with Crippen LogP contribution in [0.2, 0.25) is 0 Å². The fourth-order valence-electron chi connectivity index (χ4n) is 8.18. The first-order valence-corrected chi connectivity index (χ1v) is 20.2. The molecule has 8 unspecified atom stereocenters. The maximum atomic E-state index is 14.2. The number of nitrogens with one attached hydrogen (secondary N) is 4. The van der Waals surface area contributed by atoms with Gasteiger partial charge < -0.3 is 31.5 Å². The summed E-state index contributed by atoms with van der Waals surface area (Å²) in [5.74, 6) is -4.54. The zero-order valence-corrected chi connectivity index (χ0v) is 32.7. The fourth-order valence-corrected chi connectivity index (χ4v) is 8.18. The number of aliphatic hydroxyl groups excluding tert-OH is 2. The van der Waals surface area contributed by atoms with E-state index in [1.54, 1.807) is 0 Å². The van der Waals surface area contributed by atoms with Crippen molar-refractivity contribution in [3.8, 4) is 0 Å². The molecule has 2 aliphatic heterocycles. The van der Waals surface area contributed by atoms with Crippen LogP contribution in [0, 0.1) is 29.2 Å². The average Bonchev–Trinajstić information content (AvgIpc) is 3.18. The number of Topliss-reactive ketones (excluding diaryl/α,β-unsaturated/α-hetero) is 1. The molecule has 3 aromatic rings. The summed E-state index contributed by atoms with van der Waals surface area (Å²) in [6.07, 6.45) is 1.46. The van der Waals surface area contributed by atoms with E-state index < -0.39 is 71.5 Å². The molecule has 3 aromatic carbocycles. The van der Waals surface area contributed by atoms with E-state index in [0.717, 1.165) is 68.0 Å². The first kappa shape index (κ1) is 43.9. The number of aliphatic hydroxyl groups is 2. The van der Waals surface area contributed by atoms with E-state index in [2.05, 4.69) is 52.5 Å². The van der Waals surface area contributed by atoms with E-state index in [1.165, 1.54) is 5.56 Å². The highest BCUT2D eigenvalue weighted by molar-refractivity contribution is 5.84. The summed E-state index contributed by atoms with van der Waals surface area (Å²) in [7, 11) is 0. The number of hydrogen-bond donors (Lipinski definition) is 6. The number of ketones is 1. The number of aryl methyl sites for hydroxylation is 1. The topological polar surface area (TPSA) is 140 Å². The number of hydrogen-bond acceptors (Lipinski definition) is 7.